The molecule has 0 aliphatic carbocycles. The number of carbonyl (C=O) groups is 3. The molecule has 7 atom stereocenters. The summed E-state index contributed by atoms with van der Waals surface area (Å²) in [5.74, 6) is -2.27. The molecule has 15 nitrogen and oxygen atoms in total. The van der Waals surface area contributed by atoms with Crippen LogP contribution in [0.25, 0.3) is 0 Å². The second-order valence-corrected chi connectivity index (χ2v) is 9.50. The van der Waals surface area contributed by atoms with E-state index in [4.69, 9.17) is 28.4 Å². The van der Waals surface area contributed by atoms with Crippen LogP contribution in [-0.4, -0.2) is 144 Å². The van der Waals surface area contributed by atoms with E-state index in [1.807, 2.05) is 0 Å². The quantitative estimate of drug-likeness (QED) is 0.0416. The standard InChI is InChI=1S/C27H44O15/c1-15(2)25(34)40-12-18(30)9-37-22(8-29)24(39-11-20(32)14-42-27(36)17(5)6)23(21(33)7-28)38-10-19(31)13-41-26(35)16(3)4/h18-24,28-33H,1,3,5,7-14H2,2,4,6H3. The van der Waals surface area contributed by atoms with Gasteiger partial charge in [-0.2, -0.15) is 0 Å². The molecule has 0 aromatic rings. The number of aliphatic hydroxyl groups excluding tert-OH is 6. The maximum absolute atomic E-state index is 11.6. The molecule has 0 heterocycles. The SMILES string of the molecule is C=C(C)C(=O)OCC(O)COC(CO)C(OCC(O)COC(=O)C(=C)C)C(OCC(O)COC(=O)C(=C)C)C(O)CO. The molecular formula is C27H44O15. The Hall–Kier alpha value is -2.73. The second-order valence-electron chi connectivity index (χ2n) is 9.50. The van der Waals surface area contributed by atoms with Gasteiger partial charge in [0.1, 0.15) is 62.5 Å². The Morgan fingerprint density at radius 3 is 1.19 bits per heavy atom. The van der Waals surface area contributed by atoms with Crippen LogP contribution < -0.4 is 0 Å². The first-order valence-corrected chi connectivity index (χ1v) is 12.9. The molecular weight excluding hydrogens is 564 g/mol. The topological polar surface area (TPSA) is 228 Å². The summed E-state index contributed by atoms with van der Waals surface area (Å²) in [6.07, 6.45) is -10.2. The smallest absolute Gasteiger partial charge is 0.333 e. The first-order valence-electron chi connectivity index (χ1n) is 12.9. The van der Waals surface area contributed by atoms with E-state index in [2.05, 4.69) is 19.7 Å². The third-order valence-electron chi connectivity index (χ3n) is 5.17. The summed E-state index contributed by atoms with van der Waals surface area (Å²) in [7, 11) is 0. The molecule has 0 fully saturated rings. The summed E-state index contributed by atoms with van der Waals surface area (Å²) >= 11 is 0. The molecule has 0 bridgehead atoms. The van der Waals surface area contributed by atoms with Crippen molar-refractivity contribution in [2.24, 2.45) is 0 Å². The lowest BCUT2D eigenvalue weighted by Gasteiger charge is -2.35. The van der Waals surface area contributed by atoms with Crippen molar-refractivity contribution in [3.05, 3.63) is 36.5 Å². The van der Waals surface area contributed by atoms with E-state index in [1.54, 1.807) is 0 Å². The monoisotopic (exact) mass is 608 g/mol. The van der Waals surface area contributed by atoms with Gasteiger partial charge < -0.3 is 59.1 Å². The highest BCUT2D eigenvalue weighted by molar-refractivity contribution is 5.87. The fourth-order valence-electron chi connectivity index (χ4n) is 2.90. The van der Waals surface area contributed by atoms with Crippen molar-refractivity contribution in [3.63, 3.8) is 0 Å². The van der Waals surface area contributed by atoms with Crippen LogP contribution in [0.3, 0.4) is 0 Å². The van der Waals surface area contributed by atoms with Gasteiger partial charge in [-0.15, -0.1) is 0 Å². The molecule has 0 spiro atoms. The predicted molar refractivity (Wildman–Crippen MR) is 145 cm³/mol. The van der Waals surface area contributed by atoms with Crippen LogP contribution in [0.15, 0.2) is 36.5 Å². The predicted octanol–water partition coefficient (Wildman–Crippen LogP) is -2.07. The third kappa shape index (κ3) is 16.1. The normalized spacial score (nSPS) is 16.2. The molecule has 6 N–H and O–H groups in total. The molecule has 0 amide bonds. The fraction of sp³-hybridized carbons (Fsp3) is 0.667. The van der Waals surface area contributed by atoms with Gasteiger partial charge in [0, 0.05) is 16.7 Å². The first kappa shape index (κ1) is 39.3. The largest absolute Gasteiger partial charge is 0.460 e. The number of hydrogen-bond donors (Lipinski definition) is 6. The van der Waals surface area contributed by atoms with Gasteiger partial charge in [0.05, 0.1) is 33.0 Å². The van der Waals surface area contributed by atoms with Crippen LogP contribution in [0.5, 0.6) is 0 Å². The highest BCUT2D eigenvalue weighted by Crippen LogP contribution is 2.18. The van der Waals surface area contributed by atoms with E-state index >= 15 is 0 Å². The summed E-state index contributed by atoms with van der Waals surface area (Å²) in [4.78, 5) is 34.8. The molecule has 0 aliphatic rings. The zero-order chi connectivity index (χ0) is 32.4. The van der Waals surface area contributed by atoms with Gasteiger partial charge in [-0.1, -0.05) is 19.7 Å². The van der Waals surface area contributed by atoms with Gasteiger partial charge in [-0.3, -0.25) is 0 Å². The molecule has 0 aliphatic heterocycles. The molecule has 42 heavy (non-hydrogen) atoms. The number of rotatable bonds is 23. The summed E-state index contributed by atoms with van der Waals surface area (Å²) in [5, 5.41) is 60.8. The number of hydrogen-bond acceptors (Lipinski definition) is 15. The molecule has 242 valence electrons. The Labute approximate surface area is 244 Å². The van der Waals surface area contributed by atoms with E-state index in [1.165, 1.54) is 20.8 Å². The van der Waals surface area contributed by atoms with Crippen molar-refractivity contribution in [2.75, 3.05) is 52.9 Å². The molecule has 15 heteroatoms. The number of aliphatic hydroxyl groups is 6. The molecule has 0 rings (SSSR count). The molecule has 7 unspecified atom stereocenters. The molecule has 0 aromatic carbocycles. The van der Waals surface area contributed by atoms with Crippen LogP contribution in [0.1, 0.15) is 20.8 Å². The Balaban J connectivity index is 5.68. The number of ether oxygens (including phenoxy) is 6. The minimum atomic E-state index is -1.68. The average Bonchev–Trinajstić information content (AvgIpc) is 2.94. The average molecular weight is 609 g/mol. The number of carbonyl (C=O) groups excluding carboxylic acids is 3. The van der Waals surface area contributed by atoms with Gasteiger partial charge in [-0.05, 0) is 20.8 Å². The van der Waals surface area contributed by atoms with Gasteiger partial charge in [0.15, 0.2) is 0 Å². The van der Waals surface area contributed by atoms with E-state index in [9.17, 15) is 45.0 Å². The zero-order valence-corrected chi connectivity index (χ0v) is 24.2. The minimum Gasteiger partial charge on any atom is -0.460 e. The second kappa shape index (κ2) is 21.0. The van der Waals surface area contributed by atoms with Crippen molar-refractivity contribution in [1.29, 1.82) is 0 Å². The van der Waals surface area contributed by atoms with E-state index in [0.717, 1.165) is 0 Å². The fourth-order valence-corrected chi connectivity index (χ4v) is 2.90. The summed E-state index contributed by atoms with van der Waals surface area (Å²) < 4.78 is 31.3. The first-order chi connectivity index (χ1) is 19.6. The highest BCUT2D eigenvalue weighted by atomic mass is 16.6. The van der Waals surface area contributed by atoms with Gasteiger partial charge in [0.2, 0.25) is 0 Å². The van der Waals surface area contributed by atoms with Gasteiger partial charge in [-0.25, -0.2) is 14.4 Å². The highest BCUT2D eigenvalue weighted by Gasteiger charge is 2.38. The molecule has 0 radical (unpaired) electrons. The summed E-state index contributed by atoms with van der Waals surface area (Å²) in [6.45, 7) is 9.73. The van der Waals surface area contributed by atoms with Crippen molar-refractivity contribution < 1.29 is 73.4 Å². The molecule has 0 saturated carbocycles. The van der Waals surface area contributed by atoms with Gasteiger partial charge in [0.25, 0.3) is 0 Å². The molecule has 0 saturated heterocycles. The Morgan fingerprint density at radius 2 is 0.881 bits per heavy atom. The Bertz CT molecular complexity index is 889. The maximum Gasteiger partial charge on any atom is 0.333 e. The van der Waals surface area contributed by atoms with Gasteiger partial charge >= 0.3 is 17.9 Å². The summed E-state index contributed by atoms with van der Waals surface area (Å²) in [6, 6.07) is 0. The van der Waals surface area contributed by atoms with E-state index in [-0.39, 0.29) is 16.7 Å². The van der Waals surface area contributed by atoms with Crippen LogP contribution in [-0.2, 0) is 42.8 Å². The van der Waals surface area contributed by atoms with E-state index < -0.39 is 113 Å². The van der Waals surface area contributed by atoms with Crippen molar-refractivity contribution in [1.82, 2.24) is 0 Å². The lowest BCUT2D eigenvalue weighted by molar-refractivity contribution is -0.202. The summed E-state index contributed by atoms with van der Waals surface area (Å²) in [5.41, 5.74) is 0.290. The number of esters is 3. The Kier molecular flexibility index (Phi) is 19.7. The lowest BCUT2D eigenvalue weighted by atomic mass is 10.0. The van der Waals surface area contributed by atoms with Crippen LogP contribution in [0.2, 0.25) is 0 Å². The molecule has 0 aromatic heterocycles. The van der Waals surface area contributed by atoms with Crippen molar-refractivity contribution >= 4 is 17.9 Å². The lowest BCUT2D eigenvalue weighted by Crippen LogP contribution is -2.53. The van der Waals surface area contributed by atoms with Crippen molar-refractivity contribution in [2.45, 2.75) is 63.5 Å². The maximum atomic E-state index is 11.6. The van der Waals surface area contributed by atoms with Crippen LogP contribution in [0, 0.1) is 0 Å². The third-order valence-corrected chi connectivity index (χ3v) is 5.17. The van der Waals surface area contributed by atoms with Crippen molar-refractivity contribution in [3.8, 4) is 0 Å². The van der Waals surface area contributed by atoms with E-state index in [0.29, 0.717) is 0 Å². The van der Waals surface area contributed by atoms with Crippen LogP contribution >= 0.6 is 0 Å². The van der Waals surface area contributed by atoms with Crippen LogP contribution in [0.4, 0.5) is 0 Å². The minimum absolute atomic E-state index is 0.0919. The Morgan fingerprint density at radius 1 is 0.548 bits per heavy atom. The zero-order valence-electron chi connectivity index (χ0n) is 24.2.